The zero-order valence-electron chi connectivity index (χ0n) is 10.8. The Labute approximate surface area is 116 Å². The van der Waals surface area contributed by atoms with Crippen molar-refractivity contribution in [3.63, 3.8) is 0 Å². The molecule has 0 spiro atoms. The van der Waals surface area contributed by atoms with Gasteiger partial charge in [-0.05, 0) is 49.0 Å². The van der Waals surface area contributed by atoms with Crippen molar-refractivity contribution in [2.24, 2.45) is 0 Å². The average Bonchev–Trinajstić information content (AvgIpc) is 2.72. The summed E-state index contributed by atoms with van der Waals surface area (Å²) in [5.41, 5.74) is 4.59. The topological polar surface area (TPSA) is 33.6 Å². The molecule has 96 valence electrons. The molecule has 3 aromatic rings. The largest absolute Gasteiger partial charge is 0.331 e. The van der Waals surface area contributed by atoms with Gasteiger partial charge in [-0.3, -0.25) is 4.98 Å². The second-order valence-corrected chi connectivity index (χ2v) is 5.06. The molecule has 0 fully saturated rings. The first-order valence-electron chi connectivity index (χ1n) is 6.33. The molecule has 3 nitrogen and oxygen atoms in total. The van der Waals surface area contributed by atoms with Crippen LogP contribution in [-0.4, -0.2) is 14.5 Å². The van der Waals surface area contributed by atoms with Crippen LogP contribution in [0.1, 0.15) is 11.3 Å². The van der Waals surface area contributed by atoms with Gasteiger partial charge in [-0.1, -0.05) is 12.1 Å². The van der Waals surface area contributed by atoms with Gasteiger partial charge >= 0.3 is 0 Å². The van der Waals surface area contributed by atoms with Gasteiger partial charge in [0.15, 0.2) is 4.77 Å². The van der Waals surface area contributed by atoms with Crippen molar-refractivity contribution < 1.29 is 0 Å². The third kappa shape index (κ3) is 2.44. The summed E-state index contributed by atoms with van der Waals surface area (Å²) in [6.45, 7) is 2.93. The van der Waals surface area contributed by atoms with Gasteiger partial charge in [-0.15, -0.1) is 0 Å². The molecule has 0 aliphatic heterocycles. The molecule has 0 unspecified atom stereocenters. The Morgan fingerprint density at radius 2 is 2.16 bits per heavy atom. The summed E-state index contributed by atoms with van der Waals surface area (Å²) in [4.78, 5) is 7.61. The highest BCUT2D eigenvalue weighted by molar-refractivity contribution is 7.71. The Bertz CT molecular complexity index is 756. The number of hydrogen-bond acceptors (Lipinski definition) is 2. The first kappa shape index (κ1) is 12.1. The second-order valence-electron chi connectivity index (χ2n) is 4.67. The summed E-state index contributed by atoms with van der Waals surface area (Å²) in [5.74, 6) is 0. The van der Waals surface area contributed by atoms with E-state index in [0.717, 1.165) is 34.5 Å². The Morgan fingerprint density at radius 1 is 1.26 bits per heavy atom. The van der Waals surface area contributed by atoms with E-state index in [0.29, 0.717) is 0 Å². The lowest BCUT2D eigenvalue weighted by Crippen LogP contribution is -2.02. The zero-order chi connectivity index (χ0) is 13.2. The number of pyridine rings is 1. The van der Waals surface area contributed by atoms with E-state index in [9.17, 15) is 0 Å². The van der Waals surface area contributed by atoms with E-state index in [-0.39, 0.29) is 0 Å². The third-order valence-corrected chi connectivity index (χ3v) is 3.57. The number of H-pyrrole nitrogens is 1. The maximum Gasteiger partial charge on any atom is 0.178 e. The van der Waals surface area contributed by atoms with Crippen LogP contribution >= 0.6 is 12.2 Å². The summed E-state index contributed by atoms with van der Waals surface area (Å²) < 4.78 is 2.91. The van der Waals surface area contributed by atoms with Crippen LogP contribution in [0.15, 0.2) is 42.6 Å². The minimum Gasteiger partial charge on any atom is -0.331 e. The molecule has 0 aliphatic rings. The summed E-state index contributed by atoms with van der Waals surface area (Å²) >= 11 is 5.40. The Hall–Kier alpha value is -1.94. The lowest BCUT2D eigenvalue weighted by atomic mass is 10.2. The molecule has 0 saturated carbocycles. The lowest BCUT2D eigenvalue weighted by molar-refractivity contribution is 0.695. The van der Waals surface area contributed by atoms with Crippen molar-refractivity contribution in [2.75, 3.05) is 0 Å². The molecule has 1 aromatic carbocycles. The van der Waals surface area contributed by atoms with Gasteiger partial charge in [-0.25, -0.2) is 0 Å². The fraction of sp³-hybridized carbons (Fsp3) is 0.200. The van der Waals surface area contributed by atoms with E-state index < -0.39 is 0 Å². The van der Waals surface area contributed by atoms with Gasteiger partial charge in [0.1, 0.15) is 0 Å². The number of hydrogen-bond donors (Lipinski definition) is 1. The Balaban J connectivity index is 1.93. The van der Waals surface area contributed by atoms with Crippen molar-refractivity contribution in [2.45, 2.75) is 19.9 Å². The van der Waals surface area contributed by atoms with E-state index in [4.69, 9.17) is 12.2 Å². The SMILES string of the molecule is Cc1ccc2c(c1)[nH]c(=S)n2CCc1ccccn1. The van der Waals surface area contributed by atoms with Gasteiger partial charge in [0.25, 0.3) is 0 Å². The van der Waals surface area contributed by atoms with Crippen molar-refractivity contribution in [3.8, 4) is 0 Å². The highest BCUT2D eigenvalue weighted by atomic mass is 32.1. The van der Waals surface area contributed by atoms with Crippen LogP contribution in [0.25, 0.3) is 11.0 Å². The normalized spacial score (nSPS) is 11.0. The molecule has 2 aromatic heterocycles. The third-order valence-electron chi connectivity index (χ3n) is 3.25. The average molecular weight is 269 g/mol. The molecule has 3 rings (SSSR count). The van der Waals surface area contributed by atoms with E-state index in [1.165, 1.54) is 5.56 Å². The van der Waals surface area contributed by atoms with Crippen molar-refractivity contribution >= 4 is 23.3 Å². The minimum atomic E-state index is 0.775. The lowest BCUT2D eigenvalue weighted by Gasteiger charge is -2.04. The smallest absolute Gasteiger partial charge is 0.178 e. The number of aromatic nitrogens is 3. The molecule has 2 heterocycles. The van der Waals surface area contributed by atoms with Gasteiger partial charge in [0.05, 0.1) is 11.0 Å². The fourth-order valence-electron chi connectivity index (χ4n) is 2.27. The van der Waals surface area contributed by atoms with E-state index in [2.05, 4.69) is 39.7 Å². The number of nitrogens with zero attached hydrogens (tertiary/aromatic N) is 2. The Morgan fingerprint density at radius 3 is 2.95 bits per heavy atom. The molecule has 0 radical (unpaired) electrons. The Kier molecular flexibility index (Phi) is 3.17. The number of aryl methyl sites for hydroxylation is 3. The minimum absolute atomic E-state index is 0.775. The van der Waals surface area contributed by atoms with Crippen molar-refractivity contribution in [1.82, 2.24) is 14.5 Å². The standard InChI is InChI=1S/C15H15N3S/c1-11-5-6-14-13(10-11)17-15(19)18(14)9-7-12-4-2-3-8-16-12/h2-6,8,10H,7,9H2,1H3,(H,17,19). The molecule has 4 heteroatoms. The number of nitrogens with one attached hydrogen (secondary N) is 1. The zero-order valence-corrected chi connectivity index (χ0v) is 11.6. The predicted molar refractivity (Wildman–Crippen MR) is 79.8 cm³/mol. The van der Waals surface area contributed by atoms with E-state index >= 15 is 0 Å². The van der Waals surface area contributed by atoms with Crippen molar-refractivity contribution in [1.29, 1.82) is 0 Å². The van der Waals surface area contributed by atoms with Crippen LogP contribution in [0, 0.1) is 11.7 Å². The molecule has 0 amide bonds. The monoisotopic (exact) mass is 269 g/mol. The van der Waals surface area contributed by atoms with E-state index in [1.54, 1.807) is 0 Å². The number of aromatic amines is 1. The first-order chi connectivity index (χ1) is 9.24. The molecule has 1 N–H and O–H groups in total. The van der Waals surface area contributed by atoms with Crippen LogP contribution in [-0.2, 0) is 13.0 Å². The molecule has 0 atom stereocenters. The van der Waals surface area contributed by atoms with Crippen LogP contribution in [0.4, 0.5) is 0 Å². The van der Waals surface area contributed by atoms with Crippen molar-refractivity contribution in [3.05, 3.63) is 58.6 Å². The summed E-state index contributed by atoms with van der Waals surface area (Å²) in [6.07, 6.45) is 2.71. The molecule has 0 aliphatic carbocycles. The summed E-state index contributed by atoms with van der Waals surface area (Å²) in [5, 5.41) is 0. The molecular formula is C15H15N3S. The van der Waals surface area contributed by atoms with Gasteiger partial charge < -0.3 is 9.55 Å². The van der Waals surface area contributed by atoms with Gasteiger partial charge in [-0.2, -0.15) is 0 Å². The molecular weight excluding hydrogens is 254 g/mol. The quantitative estimate of drug-likeness (QED) is 0.736. The molecule has 0 saturated heterocycles. The fourth-order valence-corrected chi connectivity index (χ4v) is 2.57. The molecule has 19 heavy (non-hydrogen) atoms. The van der Waals surface area contributed by atoms with Crippen LogP contribution < -0.4 is 0 Å². The van der Waals surface area contributed by atoms with Crippen LogP contribution in [0.5, 0.6) is 0 Å². The highest BCUT2D eigenvalue weighted by Gasteiger charge is 2.04. The van der Waals surface area contributed by atoms with E-state index in [1.807, 2.05) is 24.4 Å². The van der Waals surface area contributed by atoms with Gasteiger partial charge in [0, 0.05) is 24.9 Å². The van der Waals surface area contributed by atoms with Crippen LogP contribution in [0.2, 0.25) is 0 Å². The highest BCUT2D eigenvalue weighted by Crippen LogP contribution is 2.16. The second kappa shape index (κ2) is 4.97. The number of rotatable bonds is 3. The first-order valence-corrected chi connectivity index (χ1v) is 6.74. The molecule has 0 bridgehead atoms. The number of benzene rings is 1. The maximum absolute atomic E-state index is 5.40. The summed E-state index contributed by atoms with van der Waals surface area (Å²) in [6, 6.07) is 12.4. The van der Waals surface area contributed by atoms with Crippen LogP contribution in [0.3, 0.4) is 0 Å². The van der Waals surface area contributed by atoms with Gasteiger partial charge in [0.2, 0.25) is 0 Å². The predicted octanol–water partition coefficient (Wildman–Crippen LogP) is 3.65. The maximum atomic E-state index is 5.40. The number of imidazole rings is 1. The number of fused-ring (bicyclic) bond motifs is 1. The summed E-state index contributed by atoms with van der Waals surface area (Å²) in [7, 11) is 0.